The van der Waals surface area contributed by atoms with Crippen LogP contribution in [0.3, 0.4) is 0 Å². The van der Waals surface area contributed by atoms with Crippen LogP contribution in [0.5, 0.6) is 0 Å². The molecule has 0 spiro atoms. The van der Waals surface area contributed by atoms with E-state index in [1.54, 1.807) is 0 Å². The number of fused-ring (bicyclic) bond motifs is 5. The number of anilines is 3. The van der Waals surface area contributed by atoms with Gasteiger partial charge in [-0.05, 0) is 93.7 Å². The largest absolute Gasteiger partial charge is 0.456 e. The fraction of sp³-hybridized carbons (Fsp3) is 0. The Balaban J connectivity index is 0.987. The van der Waals surface area contributed by atoms with Crippen molar-refractivity contribution in [2.45, 2.75) is 0 Å². The molecular formula is C53H34N2O2. The molecular weight excluding hydrogens is 697 g/mol. The van der Waals surface area contributed by atoms with Crippen molar-refractivity contribution in [2.24, 2.45) is 0 Å². The summed E-state index contributed by atoms with van der Waals surface area (Å²) >= 11 is 0. The van der Waals surface area contributed by atoms with Crippen LogP contribution in [0, 0.1) is 0 Å². The molecule has 0 amide bonds. The molecule has 0 radical (unpaired) electrons. The van der Waals surface area contributed by atoms with Gasteiger partial charge in [-0.1, -0.05) is 146 Å². The number of furan rings is 1. The van der Waals surface area contributed by atoms with Gasteiger partial charge < -0.3 is 13.7 Å². The quantitative estimate of drug-likeness (QED) is 0.164. The number of nitrogens with zero attached hydrogens (tertiary/aromatic N) is 2. The molecule has 0 N–H and O–H groups in total. The van der Waals surface area contributed by atoms with Crippen LogP contribution < -0.4 is 4.90 Å². The molecule has 268 valence electrons. The smallest absolute Gasteiger partial charge is 0.227 e. The molecule has 0 bridgehead atoms. The van der Waals surface area contributed by atoms with Crippen molar-refractivity contribution in [1.82, 2.24) is 4.98 Å². The molecule has 0 atom stereocenters. The van der Waals surface area contributed by atoms with Gasteiger partial charge in [0.05, 0.1) is 5.69 Å². The predicted octanol–water partition coefficient (Wildman–Crippen LogP) is 15.0. The molecule has 0 unspecified atom stereocenters. The zero-order valence-electron chi connectivity index (χ0n) is 30.8. The number of benzene rings is 9. The van der Waals surface area contributed by atoms with Crippen LogP contribution in [0.2, 0.25) is 0 Å². The van der Waals surface area contributed by atoms with Crippen molar-refractivity contribution in [3.63, 3.8) is 0 Å². The van der Waals surface area contributed by atoms with Gasteiger partial charge >= 0.3 is 0 Å². The Kier molecular flexibility index (Phi) is 7.78. The number of hydrogen-bond acceptors (Lipinski definition) is 4. The third kappa shape index (κ3) is 5.74. The standard InChI is InChI=1S/C53H34N2O2/c1-2-12-36(13-3-1)44-17-6-8-21-48(44)55(40-29-24-37(25-30-40)43-19-10-15-35-14-4-5-16-42(35)43)41-31-26-38(27-32-41)45-20-11-23-50-52(45)54-53(57-50)39-28-33-47-46-18-7-9-22-49(46)56-51(47)34-39/h1-34H. The van der Waals surface area contributed by atoms with E-state index in [1.807, 2.05) is 36.4 Å². The zero-order chi connectivity index (χ0) is 37.7. The van der Waals surface area contributed by atoms with Gasteiger partial charge in [0.1, 0.15) is 16.7 Å². The fourth-order valence-electron chi connectivity index (χ4n) is 8.18. The lowest BCUT2D eigenvalue weighted by Gasteiger charge is -2.28. The molecule has 4 heteroatoms. The summed E-state index contributed by atoms with van der Waals surface area (Å²) in [5.74, 6) is 0.562. The average molecular weight is 731 g/mol. The maximum atomic E-state index is 6.38. The average Bonchev–Trinajstić information content (AvgIpc) is 3.89. The van der Waals surface area contributed by atoms with Crippen molar-refractivity contribution in [3.05, 3.63) is 206 Å². The van der Waals surface area contributed by atoms with Crippen LogP contribution in [-0.2, 0) is 0 Å². The Labute approximate surface area is 329 Å². The highest BCUT2D eigenvalue weighted by molar-refractivity contribution is 6.06. The van der Waals surface area contributed by atoms with Crippen LogP contribution in [0.4, 0.5) is 17.1 Å². The van der Waals surface area contributed by atoms with Crippen molar-refractivity contribution < 1.29 is 8.83 Å². The van der Waals surface area contributed by atoms with Crippen molar-refractivity contribution in [1.29, 1.82) is 0 Å². The van der Waals surface area contributed by atoms with Crippen molar-refractivity contribution in [3.8, 4) is 44.8 Å². The SMILES string of the molecule is c1ccc(-c2ccccc2N(c2ccc(-c3cccc4ccccc34)cc2)c2ccc(-c3cccc4oc(-c5ccc6c(c5)oc5ccccc56)nc34)cc2)cc1. The van der Waals surface area contributed by atoms with Gasteiger partial charge in [0, 0.05) is 38.8 Å². The molecule has 2 aromatic heterocycles. The van der Waals surface area contributed by atoms with E-state index in [0.29, 0.717) is 5.89 Å². The Morgan fingerprint density at radius 2 is 0.912 bits per heavy atom. The first-order valence-corrected chi connectivity index (χ1v) is 19.2. The normalized spacial score (nSPS) is 11.5. The third-order valence-electron chi connectivity index (χ3n) is 10.9. The molecule has 0 aliphatic heterocycles. The third-order valence-corrected chi connectivity index (χ3v) is 10.9. The van der Waals surface area contributed by atoms with E-state index in [2.05, 4.69) is 175 Å². The molecule has 9 aromatic carbocycles. The number of rotatable bonds is 7. The zero-order valence-corrected chi connectivity index (χ0v) is 30.8. The van der Waals surface area contributed by atoms with E-state index in [-0.39, 0.29) is 0 Å². The highest BCUT2D eigenvalue weighted by Gasteiger charge is 2.19. The van der Waals surface area contributed by atoms with E-state index in [0.717, 1.165) is 77.9 Å². The molecule has 0 saturated heterocycles. The van der Waals surface area contributed by atoms with Gasteiger partial charge in [-0.25, -0.2) is 4.98 Å². The lowest BCUT2D eigenvalue weighted by molar-refractivity contribution is 0.619. The Morgan fingerprint density at radius 3 is 1.74 bits per heavy atom. The monoisotopic (exact) mass is 730 g/mol. The first-order valence-electron chi connectivity index (χ1n) is 19.2. The Morgan fingerprint density at radius 1 is 0.351 bits per heavy atom. The number of aromatic nitrogens is 1. The molecule has 11 aromatic rings. The maximum absolute atomic E-state index is 6.38. The number of hydrogen-bond donors (Lipinski definition) is 0. The Bertz CT molecular complexity index is 3230. The minimum atomic E-state index is 0.562. The lowest BCUT2D eigenvalue weighted by atomic mass is 9.97. The highest BCUT2D eigenvalue weighted by Crippen LogP contribution is 2.43. The molecule has 0 aliphatic rings. The van der Waals surface area contributed by atoms with Gasteiger partial charge in [-0.3, -0.25) is 0 Å². The second-order valence-electron chi connectivity index (χ2n) is 14.3. The van der Waals surface area contributed by atoms with E-state index in [9.17, 15) is 0 Å². The fourth-order valence-corrected chi connectivity index (χ4v) is 8.18. The van der Waals surface area contributed by atoms with Crippen LogP contribution in [-0.4, -0.2) is 4.98 Å². The van der Waals surface area contributed by atoms with Crippen LogP contribution >= 0.6 is 0 Å². The molecule has 11 rings (SSSR count). The summed E-state index contributed by atoms with van der Waals surface area (Å²) in [7, 11) is 0. The van der Waals surface area contributed by atoms with Crippen LogP contribution in [0.15, 0.2) is 215 Å². The van der Waals surface area contributed by atoms with E-state index in [1.165, 1.54) is 21.9 Å². The molecule has 2 heterocycles. The van der Waals surface area contributed by atoms with Crippen LogP contribution in [0.25, 0.3) is 88.6 Å². The van der Waals surface area contributed by atoms with Crippen molar-refractivity contribution in [2.75, 3.05) is 4.90 Å². The van der Waals surface area contributed by atoms with Crippen molar-refractivity contribution >= 4 is 60.9 Å². The first kappa shape index (κ1) is 32.7. The molecule has 57 heavy (non-hydrogen) atoms. The van der Waals surface area contributed by atoms with Gasteiger partial charge in [0.2, 0.25) is 5.89 Å². The van der Waals surface area contributed by atoms with Gasteiger partial charge in [-0.15, -0.1) is 0 Å². The second-order valence-corrected chi connectivity index (χ2v) is 14.3. The van der Waals surface area contributed by atoms with E-state index >= 15 is 0 Å². The van der Waals surface area contributed by atoms with Crippen LogP contribution in [0.1, 0.15) is 0 Å². The summed E-state index contributed by atoms with van der Waals surface area (Å²) in [4.78, 5) is 7.40. The summed E-state index contributed by atoms with van der Waals surface area (Å²) in [6.07, 6.45) is 0. The minimum absolute atomic E-state index is 0.562. The lowest BCUT2D eigenvalue weighted by Crippen LogP contribution is -2.11. The van der Waals surface area contributed by atoms with Gasteiger partial charge in [0.15, 0.2) is 5.58 Å². The first-order chi connectivity index (χ1) is 28.2. The van der Waals surface area contributed by atoms with Gasteiger partial charge in [-0.2, -0.15) is 0 Å². The molecule has 0 saturated carbocycles. The van der Waals surface area contributed by atoms with Gasteiger partial charge in [0.25, 0.3) is 0 Å². The topological polar surface area (TPSA) is 42.4 Å². The molecule has 4 nitrogen and oxygen atoms in total. The number of para-hydroxylation sites is 3. The second kappa shape index (κ2) is 13.6. The minimum Gasteiger partial charge on any atom is -0.456 e. The highest BCUT2D eigenvalue weighted by atomic mass is 16.3. The Hall–Kier alpha value is -7.69. The number of oxazole rings is 1. The van der Waals surface area contributed by atoms with E-state index in [4.69, 9.17) is 13.8 Å². The summed E-state index contributed by atoms with van der Waals surface area (Å²) in [6, 6.07) is 72.4. The molecule has 0 aliphatic carbocycles. The summed E-state index contributed by atoms with van der Waals surface area (Å²) in [5, 5.41) is 4.66. The summed E-state index contributed by atoms with van der Waals surface area (Å²) in [6.45, 7) is 0. The predicted molar refractivity (Wildman–Crippen MR) is 235 cm³/mol. The summed E-state index contributed by atoms with van der Waals surface area (Å²) in [5.41, 5.74) is 14.1. The summed E-state index contributed by atoms with van der Waals surface area (Å²) < 4.78 is 12.6. The molecule has 0 fully saturated rings. The van der Waals surface area contributed by atoms with E-state index < -0.39 is 0 Å². The maximum Gasteiger partial charge on any atom is 0.227 e.